The number of para-hydroxylation sites is 1. The molecule has 0 spiro atoms. The van der Waals surface area contributed by atoms with Crippen LogP contribution in [0.2, 0.25) is 0 Å². The van der Waals surface area contributed by atoms with Gasteiger partial charge in [0.25, 0.3) is 5.91 Å². The van der Waals surface area contributed by atoms with Crippen LogP contribution in [0.15, 0.2) is 24.3 Å². The second kappa shape index (κ2) is 9.49. The van der Waals surface area contributed by atoms with Crippen molar-refractivity contribution in [3.8, 4) is 0 Å². The zero-order chi connectivity index (χ0) is 16.8. The van der Waals surface area contributed by atoms with Crippen molar-refractivity contribution in [1.82, 2.24) is 15.5 Å². The minimum absolute atomic E-state index is 0. The van der Waals surface area contributed by atoms with Gasteiger partial charge in [-0.1, -0.05) is 12.1 Å². The Morgan fingerprint density at radius 3 is 2.38 bits per heavy atom. The van der Waals surface area contributed by atoms with Gasteiger partial charge in [-0.15, -0.1) is 12.4 Å². The summed E-state index contributed by atoms with van der Waals surface area (Å²) in [5, 5.41) is 8.79. The molecule has 0 atom stereocenters. The van der Waals surface area contributed by atoms with Crippen molar-refractivity contribution in [1.29, 1.82) is 0 Å². The Balaban J connectivity index is 0.00000288. The van der Waals surface area contributed by atoms with E-state index in [2.05, 4.69) is 16.0 Å². The van der Waals surface area contributed by atoms with Crippen molar-refractivity contribution in [3.05, 3.63) is 29.8 Å². The number of rotatable bonds is 4. The van der Waals surface area contributed by atoms with Gasteiger partial charge in [-0.3, -0.25) is 4.79 Å². The smallest absolute Gasteiger partial charge is 0.319 e. The Hall–Kier alpha value is -1.79. The lowest BCUT2D eigenvalue weighted by Gasteiger charge is -2.32. The maximum Gasteiger partial charge on any atom is 0.319 e. The average molecular weight is 355 g/mol. The van der Waals surface area contributed by atoms with Gasteiger partial charge < -0.3 is 20.9 Å². The van der Waals surface area contributed by atoms with Crippen LogP contribution in [-0.2, 0) is 0 Å². The summed E-state index contributed by atoms with van der Waals surface area (Å²) in [5.41, 5.74) is 1.08. The Bertz CT molecular complexity index is 557. The molecule has 134 valence electrons. The molecule has 6 nitrogen and oxygen atoms in total. The number of piperidine rings is 1. The number of amides is 3. The summed E-state index contributed by atoms with van der Waals surface area (Å²) < 4.78 is 0. The van der Waals surface area contributed by atoms with Crippen LogP contribution in [0.3, 0.4) is 0 Å². The van der Waals surface area contributed by atoms with E-state index in [-0.39, 0.29) is 30.4 Å². The van der Waals surface area contributed by atoms with Gasteiger partial charge in [-0.2, -0.15) is 0 Å². The van der Waals surface area contributed by atoms with E-state index in [1.54, 1.807) is 12.1 Å². The Kier molecular flexibility index (Phi) is 8.01. The molecule has 1 fully saturated rings. The molecule has 1 aliphatic rings. The number of hydrogen-bond acceptors (Lipinski definition) is 3. The number of halogens is 1. The Labute approximate surface area is 149 Å². The lowest BCUT2D eigenvalue weighted by Crippen LogP contribution is -2.44. The van der Waals surface area contributed by atoms with Gasteiger partial charge in [0.2, 0.25) is 0 Å². The molecule has 1 aromatic rings. The summed E-state index contributed by atoms with van der Waals surface area (Å²) in [4.78, 5) is 26.5. The first kappa shape index (κ1) is 20.3. The number of hydrogen-bond donors (Lipinski definition) is 3. The molecule has 0 unspecified atom stereocenters. The fourth-order valence-electron chi connectivity index (χ4n) is 2.74. The van der Waals surface area contributed by atoms with E-state index in [9.17, 15) is 9.59 Å². The molecule has 3 amide bonds. The largest absolute Gasteiger partial charge is 0.338 e. The highest BCUT2D eigenvalue weighted by molar-refractivity contribution is 6.03. The second-order valence-corrected chi connectivity index (χ2v) is 6.15. The highest BCUT2D eigenvalue weighted by atomic mass is 35.5. The highest BCUT2D eigenvalue weighted by Gasteiger charge is 2.24. The summed E-state index contributed by atoms with van der Waals surface area (Å²) in [6.45, 7) is 5.25. The summed E-state index contributed by atoms with van der Waals surface area (Å²) in [6, 6.07) is 7.37. The molecule has 0 aliphatic carbocycles. The van der Waals surface area contributed by atoms with E-state index in [0.29, 0.717) is 17.3 Å². The van der Waals surface area contributed by atoms with Crippen LogP contribution in [0.5, 0.6) is 0 Å². The first-order chi connectivity index (χ1) is 11.0. The molecule has 0 aromatic heterocycles. The van der Waals surface area contributed by atoms with Crippen molar-refractivity contribution in [2.24, 2.45) is 0 Å². The van der Waals surface area contributed by atoms with Crippen LogP contribution in [0, 0.1) is 0 Å². The summed E-state index contributed by atoms with van der Waals surface area (Å²) in [6.07, 6.45) is 1.90. The predicted molar refractivity (Wildman–Crippen MR) is 99.0 cm³/mol. The van der Waals surface area contributed by atoms with E-state index in [1.165, 1.54) is 0 Å². The fraction of sp³-hybridized carbons (Fsp3) is 0.529. The number of urea groups is 1. The summed E-state index contributed by atoms with van der Waals surface area (Å²) in [7, 11) is 1.95. The van der Waals surface area contributed by atoms with E-state index >= 15 is 0 Å². The molecule has 1 aliphatic heterocycles. The molecule has 7 heteroatoms. The SMILES string of the molecule is CNC1CCN(C(=O)c2ccccc2NC(=O)NC(C)C)CC1.Cl. The number of carbonyl (C=O) groups is 2. The number of likely N-dealkylation sites (tertiary alicyclic amines) is 1. The van der Waals surface area contributed by atoms with E-state index in [1.807, 2.05) is 37.9 Å². The average Bonchev–Trinajstić information content (AvgIpc) is 2.54. The van der Waals surface area contributed by atoms with Crippen molar-refractivity contribution in [2.75, 3.05) is 25.5 Å². The van der Waals surface area contributed by atoms with Gasteiger partial charge in [0.15, 0.2) is 0 Å². The monoisotopic (exact) mass is 354 g/mol. The van der Waals surface area contributed by atoms with Crippen LogP contribution < -0.4 is 16.0 Å². The van der Waals surface area contributed by atoms with Gasteiger partial charge in [0.1, 0.15) is 0 Å². The van der Waals surface area contributed by atoms with Crippen molar-refractivity contribution < 1.29 is 9.59 Å². The van der Waals surface area contributed by atoms with E-state index < -0.39 is 0 Å². The number of benzene rings is 1. The number of anilines is 1. The predicted octanol–water partition coefficient (Wildman–Crippen LogP) is 2.46. The van der Waals surface area contributed by atoms with Gasteiger partial charge in [0, 0.05) is 25.2 Å². The summed E-state index contributed by atoms with van der Waals surface area (Å²) >= 11 is 0. The molecule has 1 aromatic carbocycles. The Morgan fingerprint density at radius 2 is 1.79 bits per heavy atom. The molecule has 2 rings (SSSR count). The van der Waals surface area contributed by atoms with Gasteiger partial charge in [0.05, 0.1) is 11.3 Å². The van der Waals surface area contributed by atoms with Gasteiger partial charge >= 0.3 is 6.03 Å². The van der Waals surface area contributed by atoms with Crippen molar-refractivity contribution in [3.63, 3.8) is 0 Å². The molecule has 3 N–H and O–H groups in total. The van der Waals surface area contributed by atoms with E-state index in [4.69, 9.17) is 0 Å². The number of nitrogens with one attached hydrogen (secondary N) is 3. The van der Waals surface area contributed by atoms with Crippen LogP contribution in [-0.4, -0.2) is 49.1 Å². The maximum absolute atomic E-state index is 12.8. The third-order valence-electron chi connectivity index (χ3n) is 4.02. The van der Waals surface area contributed by atoms with Gasteiger partial charge in [-0.05, 0) is 45.9 Å². The highest BCUT2D eigenvalue weighted by Crippen LogP contribution is 2.20. The van der Waals surface area contributed by atoms with Gasteiger partial charge in [-0.25, -0.2) is 4.79 Å². The quantitative estimate of drug-likeness (QED) is 0.777. The summed E-state index contributed by atoms with van der Waals surface area (Å²) in [5.74, 6) is -0.0278. The number of nitrogens with zero attached hydrogens (tertiary/aromatic N) is 1. The van der Waals surface area contributed by atoms with Crippen molar-refractivity contribution in [2.45, 2.75) is 38.8 Å². The molecule has 0 saturated carbocycles. The molecule has 24 heavy (non-hydrogen) atoms. The first-order valence-electron chi connectivity index (χ1n) is 8.14. The first-order valence-corrected chi connectivity index (χ1v) is 8.14. The zero-order valence-electron chi connectivity index (χ0n) is 14.5. The van der Waals surface area contributed by atoms with Crippen LogP contribution in [0.4, 0.5) is 10.5 Å². The lowest BCUT2D eigenvalue weighted by molar-refractivity contribution is 0.0708. The third kappa shape index (κ3) is 5.39. The maximum atomic E-state index is 12.8. The molecular formula is C17H27ClN4O2. The molecule has 0 bridgehead atoms. The Morgan fingerprint density at radius 1 is 1.17 bits per heavy atom. The lowest BCUT2D eigenvalue weighted by atomic mass is 10.0. The van der Waals surface area contributed by atoms with Crippen LogP contribution in [0.1, 0.15) is 37.0 Å². The van der Waals surface area contributed by atoms with Crippen molar-refractivity contribution >= 4 is 30.0 Å². The molecular weight excluding hydrogens is 328 g/mol. The fourth-order valence-corrected chi connectivity index (χ4v) is 2.74. The second-order valence-electron chi connectivity index (χ2n) is 6.15. The minimum Gasteiger partial charge on any atom is -0.338 e. The minimum atomic E-state index is -0.297. The topological polar surface area (TPSA) is 73.5 Å². The molecule has 1 heterocycles. The van der Waals surface area contributed by atoms with Crippen LogP contribution in [0.25, 0.3) is 0 Å². The van der Waals surface area contributed by atoms with Crippen LogP contribution >= 0.6 is 12.4 Å². The van der Waals surface area contributed by atoms with E-state index in [0.717, 1.165) is 25.9 Å². The molecule has 0 radical (unpaired) electrons. The molecule has 1 saturated heterocycles. The zero-order valence-corrected chi connectivity index (χ0v) is 15.3. The normalized spacial score (nSPS) is 14.9. The third-order valence-corrected chi connectivity index (χ3v) is 4.02. The number of carbonyl (C=O) groups excluding carboxylic acids is 2. The standard InChI is InChI=1S/C17H26N4O2.ClH/c1-12(2)19-17(23)20-15-7-5-4-6-14(15)16(22)21-10-8-13(18-3)9-11-21;/h4-7,12-13,18H,8-11H2,1-3H3,(H2,19,20,23);1H.